The number of nitrogens with zero attached hydrogens (tertiary/aromatic N) is 3. The monoisotopic (exact) mass is 526 g/mol. The fourth-order valence-electron chi connectivity index (χ4n) is 4.84. The lowest BCUT2D eigenvalue weighted by Crippen LogP contribution is -2.30. The smallest absolute Gasteiger partial charge is 0.302 e. The van der Waals surface area contributed by atoms with E-state index in [1.165, 1.54) is 19.1 Å². The molecule has 0 saturated carbocycles. The summed E-state index contributed by atoms with van der Waals surface area (Å²) >= 11 is 0. The van der Waals surface area contributed by atoms with Crippen molar-refractivity contribution in [2.45, 2.75) is 19.9 Å². The molecule has 5 rings (SSSR count). The number of hydrogen-bond donors (Lipinski definition) is 2. The number of rotatable bonds is 6. The molecule has 1 aliphatic rings. The normalized spacial score (nSPS) is 16.7. The summed E-state index contributed by atoms with van der Waals surface area (Å²) < 4.78 is 10.8. The molecular formula is C30H30N4O5. The van der Waals surface area contributed by atoms with Crippen molar-refractivity contribution in [2.24, 2.45) is 0 Å². The Hall–Kier alpha value is -4.79. The Kier molecular flexibility index (Phi) is 6.51. The molecule has 4 aromatic rings. The first-order chi connectivity index (χ1) is 18.6. The minimum Gasteiger partial charge on any atom is -0.507 e. The number of amides is 1. The van der Waals surface area contributed by atoms with Crippen molar-refractivity contribution in [3.8, 4) is 11.5 Å². The lowest BCUT2D eigenvalue weighted by molar-refractivity contribution is -0.132. The molecular weight excluding hydrogens is 496 g/mol. The number of Topliss-reactive ketones (excluding diaryl/α,β-unsaturated/α-hetero) is 1. The van der Waals surface area contributed by atoms with E-state index in [9.17, 15) is 14.7 Å². The summed E-state index contributed by atoms with van der Waals surface area (Å²) in [5.74, 6) is -0.983. The minimum absolute atomic E-state index is 0.0722. The van der Waals surface area contributed by atoms with Gasteiger partial charge in [0.1, 0.15) is 17.3 Å². The highest BCUT2D eigenvalue weighted by Crippen LogP contribution is 2.43. The molecule has 0 bridgehead atoms. The summed E-state index contributed by atoms with van der Waals surface area (Å²) in [7, 11) is 6.82. The average Bonchev–Trinajstić information content (AvgIpc) is 3.45. The average molecular weight is 527 g/mol. The third-order valence-electron chi connectivity index (χ3n) is 7.14. The van der Waals surface area contributed by atoms with Crippen molar-refractivity contribution >= 4 is 40.1 Å². The van der Waals surface area contributed by atoms with Crippen LogP contribution in [0.3, 0.4) is 0 Å². The first-order valence-corrected chi connectivity index (χ1v) is 12.4. The van der Waals surface area contributed by atoms with Gasteiger partial charge in [-0.1, -0.05) is 12.1 Å². The van der Waals surface area contributed by atoms with Crippen molar-refractivity contribution in [3.05, 3.63) is 82.4 Å². The molecule has 2 N–H and O–H groups in total. The molecule has 9 nitrogen and oxygen atoms in total. The van der Waals surface area contributed by atoms with Crippen LogP contribution in [0.2, 0.25) is 0 Å². The number of benzene rings is 3. The number of ether oxygens (including phenoxy) is 2. The zero-order chi connectivity index (χ0) is 28.0. The van der Waals surface area contributed by atoms with Crippen molar-refractivity contribution in [2.75, 3.05) is 38.1 Å². The van der Waals surface area contributed by atoms with E-state index < -0.39 is 17.7 Å². The second-order valence-electron chi connectivity index (χ2n) is 9.74. The molecule has 0 radical (unpaired) electrons. The predicted octanol–water partition coefficient (Wildman–Crippen LogP) is 4.89. The number of methoxy groups -OCH3 is 2. The van der Waals surface area contributed by atoms with Gasteiger partial charge in [-0.05, 0) is 73.0 Å². The molecule has 1 saturated heterocycles. The Morgan fingerprint density at radius 2 is 1.67 bits per heavy atom. The molecule has 0 spiro atoms. The Labute approximate surface area is 226 Å². The lowest BCUT2D eigenvalue weighted by atomic mass is 9.94. The van der Waals surface area contributed by atoms with Crippen LogP contribution in [-0.4, -0.2) is 55.1 Å². The van der Waals surface area contributed by atoms with E-state index in [4.69, 9.17) is 9.47 Å². The number of nitrogens with one attached hydrogen (secondary N) is 1. The van der Waals surface area contributed by atoms with Gasteiger partial charge in [0.15, 0.2) is 0 Å². The standard InChI is InChI=1S/C30H30N4O5/c1-16-13-22-23(14-17(16)2)32-30(31-22)34-26(18-7-9-19(10-8-18)33(3)4)25(28(36)29(34)37)27(35)21-15-20(38-5)11-12-24(21)39-6/h7-15,26,35H,1-6H3,(H,31,32)/b27-25+. The summed E-state index contributed by atoms with van der Waals surface area (Å²) in [4.78, 5) is 38.4. The number of aliphatic hydroxyl groups is 1. The third kappa shape index (κ3) is 4.35. The van der Waals surface area contributed by atoms with Gasteiger partial charge in [0.05, 0.1) is 42.4 Å². The molecule has 1 aliphatic heterocycles. The summed E-state index contributed by atoms with van der Waals surface area (Å²) in [6.07, 6.45) is 0. The largest absolute Gasteiger partial charge is 0.507 e. The van der Waals surface area contributed by atoms with Crippen molar-refractivity contribution in [3.63, 3.8) is 0 Å². The highest BCUT2D eigenvalue weighted by molar-refractivity contribution is 6.51. The van der Waals surface area contributed by atoms with E-state index >= 15 is 0 Å². The Bertz CT molecular complexity index is 1600. The number of fused-ring (bicyclic) bond motifs is 1. The molecule has 200 valence electrons. The number of carbonyl (C=O) groups is 2. The van der Waals surface area contributed by atoms with Gasteiger partial charge in [0.25, 0.3) is 5.78 Å². The van der Waals surface area contributed by atoms with E-state index in [2.05, 4.69) is 9.97 Å². The number of carbonyl (C=O) groups excluding carboxylic acids is 2. The maximum Gasteiger partial charge on any atom is 0.302 e. The molecule has 9 heteroatoms. The Morgan fingerprint density at radius 3 is 2.31 bits per heavy atom. The van der Waals surface area contributed by atoms with Crippen molar-refractivity contribution in [1.29, 1.82) is 0 Å². The molecule has 1 aromatic heterocycles. The van der Waals surface area contributed by atoms with Gasteiger partial charge in [0, 0.05) is 19.8 Å². The Balaban J connectivity index is 1.75. The SMILES string of the molecule is COc1ccc(OC)c(/C(O)=C2\C(=O)C(=O)N(c3nc4cc(C)c(C)cc4[nH]3)C2c2ccc(N(C)C)cc2)c1. The molecule has 1 fully saturated rings. The van der Waals surface area contributed by atoms with Gasteiger partial charge in [-0.2, -0.15) is 0 Å². The van der Waals surface area contributed by atoms with Crippen molar-refractivity contribution < 1.29 is 24.2 Å². The third-order valence-corrected chi connectivity index (χ3v) is 7.14. The number of H-pyrrole nitrogens is 1. The second-order valence-corrected chi connectivity index (χ2v) is 9.74. The maximum absolute atomic E-state index is 13.6. The van der Waals surface area contributed by atoms with Crippen LogP contribution in [0.1, 0.15) is 28.3 Å². The number of anilines is 2. The van der Waals surface area contributed by atoms with Gasteiger partial charge in [-0.3, -0.25) is 14.5 Å². The number of ketones is 1. The van der Waals surface area contributed by atoms with Crippen LogP contribution in [0.25, 0.3) is 16.8 Å². The van der Waals surface area contributed by atoms with Gasteiger partial charge in [-0.25, -0.2) is 4.98 Å². The summed E-state index contributed by atoms with van der Waals surface area (Å²) in [5, 5.41) is 11.6. The van der Waals surface area contributed by atoms with Crippen LogP contribution in [-0.2, 0) is 9.59 Å². The topological polar surface area (TPSA) is 108 Å². The minimum atomic E-state index is -0.945. The van der Waals surface area contributed by atoms with Gasteiger partial charge >= 0.3 is 5.91 Å². The molecule has 39 heavy (non-hydrogen) atoms. The first kappa shape index (κ1) is 25.8. The van der Waals surface area contributed by atoms with Gasteiger partial charge in [0.2, 0.25) is 5.95 Å². The molecule has 3 aromatic carbocycles. The zero-order valence-corrected chi connectivity index (χ0v) is 22.7. The number of aryl methyl sites for hydroxylation is 2. The Morgan fingerprint density at radius 1 is 0.974 bits per heavy atom. The first-order valence-electron chi connectivity index (χ1n) is 12.4. The number of aromatic amines is 1. The van der Waals surface area contributed by atoms with Crippen LogP contribution in [0, 0.1) is 13.8 Å². The van der Waals surface area contributed by atoms with E-state index in [0.717, 1.165) is 22.3 Å². The number of aliphatic hydroxyl groups excluding tert-OH is 1. The predicted molar refractivity (Wildman–Crippen MR) is 151 cm³/mol. The zero-order valence-electron chi connectivity index (χ0n) is 22.7. The highest BCUT2D eigenvalue weighted by atomic mass is 16.5. The molecule has 2 heterocycles. The number of hydrogen-bond acceptors (Lipinski definition) is 7. The van der Waals surface area contributed by atoms with Crippen LogP contribution in [0.4, 0.5) is 11.6 Å². The summed E-state index contributed by atoms with van der Waals surface area (Å²) in [5.41, 5.74) is 5.29. The van der Waals surface area contributed by atoms with Crippen LogP contribution in [0.5, 0.6) is 11.5 Å². The fourth-order valence-corrected chi connectivity index (χ4v) is 4.84. The van der Waals surface area contributed by atoms with E-state index in [-0.39, 0.29) is 22.8 Å². The van der Waals surface area contributed by atoms with E-state index in [1.54, 1.807) is 18.2 Å². The second kappa shape index (κ2) is 9.83. The summed E-state index contributed by atoms with van der Waals surface area (Å²) in [6.45, 7) is 3.98. The highest BCUT2D eigenvalue weighted by Gasteiger charge is 2.48. The summed E-state index contributed by atoms with van der Waals surface area (Å²) in [6, 6.07) is 15.3. The van der Waals surface area contributed by atoms with E-state index in [0.29, 0.717) is 22.6 Å². The molecule has 0 aliphatic carbocycles. The lowest BCUT2D eigenvalue weighted by Gasteiger charge is -2.24. The maximum atomic E-state index is 13.6. The fraction of sp³-hybridized carbons (Fsp3) is 0.233. The van der Waals surface area contributed by atoms with Crippen LogP contribution < -0.4 is 19.3 Å². The number of imidazole rings is 1. The molecule has 1 unspecified atom stereocenters. The van der Waals surface area contributed by atoms with Crippen molar-refractivity contribution in [1.82, 2.24) is 9.97 Å². The van der Waals surface area contributed by atoms with E-state index in [1.807, 2.05) is 69.2 Å². The van der Waals surface area contributed by atoms with Gasteiger partial charge < -0.3 is 24.5 Å². The van der Waals surface area contributed by atoms with Gasteiger partial charge in [-0.15, -0.1) is 0 Å². The van der Waals surface area contributed by atoms with Crippen LogP contribution >= 0.6 is 0 Å². The quantitative estimate of drug-likeness (QED) is 0.209. The van der Waals surface area contributed by atoms with Crippen LogP contribution in [0.15, 0.2) is 60.2 Å². The molecule has 1 amide bonds. The number of aromatic nitrogens is 2. The molecule has 1 atom stereocenters.